The summed E-state index contributed by atoms with van der Waals surface area (Å²) in [6.07, 6.45) is -3.40. The molecule has 0 amide bonds. The Kier molecular flexibility index (Phi) is 4.96. The number of nitrogens with zero attached hydrogens (tertiary/aromatic N) is 3. The van der Waals surface area contributed by atoms with Gasteiger partial charge < -0.3 is 9.64 Å². The first kappa shape index (κ1) is 17.0. The molecule has 1 saturated heterocycles. The van der Waals surface area contributed by atoms with Crippen LogP contribution in [0.3, 0.4) is 0 Å². The summed E-state index contributed by atoms with van der Waals surface area (Å²) in [7, 11) is 1.65. The lowest BCUT2D eigenvalue weighted by molar-refractivity contribution is -0.134. The van der Waals surface area contributed by atoms with Crippen LogP contribution in [0.2, 0.25) is 0 Å². The van der Waals surface area contributed by atoms with Crippen LogP contribution in [-0.4, -0.2) is 43.2 Å². The molecule has 0 saturated carbocycles. The molecular formula is C16H18F3N3OS. The lowest BCUT2D eigenvalue weighted by Gasteiger charge is -2.34. The Balaban J connectivity index is 1.59. The van der Waals surface area contributed by atoms with Crippen LogP contribution < -0.4 is 9.64 Å². The van der Waals surface area contributed by atoms with E-state index in [1.165, 1.54) is 0 Å². The Labute approximate surface area is 142 Å². The van der Waals surface area contributed by atoms with Gasteiger partial charge in [0.05, 0.1) is 13.3 Å². The van der Waals surface area contributed by atoms with E-state index < -0.39 is 11.1 Å². The molecule has 4 nitrogen and oxygen atoms in total. The van der Waals surface area contributed by atoms with Gasteiger partial charge in [0.25, 0.3) is 0 Å². The van der Waals surface area contributed by atoms with Crippen molar-refractivity contribution in [3.8, 4) is 5.75 Å². The summed E-state index contributed by atoms with van der Waals surface area (Å²) >= 11 is 0.709. The number of piperazine rings is 1. The quantitative estimate of drug-likeness (QED) is 0.838. The van der Waals surface area contributed by atoms with Gasteiger partial charge in [-0.1, -0.05) is 29.5 Å². The van der Waals surface area contributed by atoms with Crippen LogP contribution in [0.25, 0.3) is 0 Å². The lowest BCUT2D eigenvalue weighted by atomic mass is 10.1. The van der Waals surface area contributed by atoms with Crippen LogP contribution >= 0.6 is 11.3 Å². The van der Waals surface area contributed by atoms with E-state index in [-0.39, 0.29) is 0 Å². The number of methoxy groups -OCH3 is 1. The molecule has 0 bridgehead atoms. The minimum Gasteiger partial charge on any atom is -0.496 e. The van der Waals surface area contributed by atoms with E-state index >= 15 is 0 Å². The third-order valence-electron chi connectivity index (χ3n) is 4.00. The highest BCUT2D eigenvalue weighted by molar-refractivity contribution is 7.15. The summed E-state index contributed by atoms with van der Waals surface area (Å²) < 4.78 is 43.4. The van der Waals surface area contributed by atoms with E-state index in [1.54, 1.807) is 7.11 Å². The second kappa shape index (κ2) is 6.98. The van der Waals surface area contributed by atoms with Crippen LogP contribution in [0.4, 0.5) is 18.3 Å². The van der Waals surface area contributed by atoms with Crippen molar-refractivity contribution in [2.75, 3.05) is 38.2 Å². The Bertz CT molecular complexity index is 681. The fourth-order valence-corrected chi connectivity index (χ4v) is 3.55. The highest BCUT2D eigenvalue weighted by atomic mass is 32.1. The monoisotopic (exact) mass is 357 g/mol. The van der Waals surface area contributed by atoms with Crippen LogP contribution in [0.1, 0.15) is 10.4 Å². The third-order valence-corrected chi connectivity index (χ3v) is 5.11. The Morgan fingerprint density at radius 3 is 2.50 bits per heavy atom. The van der Waals surface area contributed by atoms with E-state index in [1.807, 2.05) is 29.2 Å². The zero-order valence-corrected chi connectivity index (χ0v) is 14.0. The molecule has 1 aliphatic rings. The SMILES string of the molecule is COc1ccccc1CN1CCN(c2ncc(C(F)(F)F)s2)CC1. The maximum absolute atomic E-state index is 12.7. The molecule has 24 heavy (non-hydrogen) atoms. The maximum atomic E-state index is 12.7. The molecule has 3 rings (SSSR count). The molecule has 2 heterocycles. The normalized spacial score (nSPS) is 16.4. The van der Waals surface area contributed by atoms with Crippen LogP contribution in [-0.2, 0) is 12.7 Å². The molecular weight excluding hydrogens is 339 g/mol. The van der Waals surface area contributed by atoms with Gasteiger partial charge in [-0.3, -0.25) is 4.90 Å². The Morgan fingerprint density at radius 2 is 1.88 bits per heavy atom. The van der Waals surface area contributed by atoms with E-state index in [0.717, 1.165) is 37.1 Å². The Hall–Kier alpha value is -1.80. The summed E-state index contributed by atoms with van der Waals surface area (Å²) in [5.74, 6) is 0.856. The van der Waals surface area contributed by atoms with Gasteiger partial charge in [-0.2, -0.15) is 13.2 Å². The summed E-state index contributed by atoms with van der Waals surface area (Å²) in [5, 5.41) is 0.444. The van der Waals surface area contributed by atoms with Crippen LogP contribution in [0, 0.1) is 0 Å². The van der Waals surface area contributed by atoms with Crippen molar-refractivity contribution in [3.63, 3.8) is 0 Å². The van der Waals surface area contributed by atoms with Crippen LogP contribution in [0.15, 0.2) is 30.5 Å². The number of halogens is 3. The Morgan fingerprint density at radius 1 is 1.17 bits per heavy atom. The standard InChI is InChI=1S/C16H18F3N3OS/c1-23-13-5-3-2-4-12(13)11-21-6-8-22(9-7-21)15-20-10-14(24-15)16(17,18)19/h2-5,10H,6-9,11H2,1H3. The van der Waals surface area contributed by atoms with Crippen molar-refractivity contribution in [1.82, 2.24) is 9.88 Å². The molecule has 0 unspecified atom stereocenters. The largest absolute Gasteiger partial charge is 0.496 e. The average Bonchev–Trinajstić information content (AvgIpc) is 3.06. The molecule has 1 aromatic carbocycles. The molecule has 1 aliphatic heterocycles. The molecule has 0 N–H and O–H groups in total. The molecule has 0 radical (unpaired) electrons. The predicted molar refractivity (Wildman–Crippen MR) is 87.6 cm³/mol. The first-order valence-electron chi connectivity index (χ1n) is 7.59. The number of hydrogen-bond donors (Lipinski definition) is 0. The molecule has 0 atom stereocenters. The average molecular weight is 357 g/mol. The maximum Gasteiger partial charge on any atom is 0.427 e. The number of benzene rings is 1. The summed E-state index contributed by atoms with van der Waals surface area (Å²) in [6.45, 7) is 3.65. The van der Waals surface area contributed by atoms with Crippen molar-refractivity contribution >= 4 is 16.5 Å². The first-order valence-corrected chi connectivity index (χ1v) is 8.41. The van der Waals surface area contributed by atoms with Crippen molar-refractivity contribution < 1.29 is 17.9 Å². The van der Waals surface area contributed by atoms with Gasteiger partial charge in [-0.05, 0) is 6.07 Å². The van der Waals surface area contributed by atoms with Gasteiger partial charge in [0.1, 0.15) is 10.6 Å². The number of hydrogen-bond acceptors (Lipinski definition) is 5. The lowest BCUT2D eigenvalue weighted by Crippen LogP contribution is -2.45. The topological polar surface area (TPSA) is 28.6 Å². The van der Waals surface area contributed by atoms with Crippen molar-refractivity contribution in [1.29, 1.82) is 0 Å². The fraction of sp³-hybridized carbons (Fsp3) is 0.438. The highest BCUT2D eigenvalue weighted by Gasteiger charge is 2.34. The summed E-state index contributed by atoms with van der Waals surface area (Å²) in [5.41, 5.74) is 1.11. The van der Waals surface area contributed by atoms with E-state index in [0.29, 0.717) is 29.6 Å². The second-order valence-corrected chi connectivity index (χ2v) is 6.59. The van der Waals surface area contributed by atoms with Gasteiger partial charge >= 0.3 is 6.18 Å². The minimum atomic E-state index is -4.32. The molecule has 1 aromatic heterocycles. The molecule has 0 aliphatic carbocycles. The van der Waals surface area contributed by atoms with E-state index in [9.17, 15) is 13.2 Å². The van der Waals surface area contributed by atoms with Gasteiger partial charge in [0, 0.05) is 38.3 Å². The van der Waals surface area contributed by atoms with Gasteiger partial charge in [-0.15, -0.1) is 0 Å². The molecule has 1 fully saturated rings. The minimum absolute atomic E-state index is 0.444. The third kappa shape index (κ3) is 3.81. The van der Waals surface area contributed by atoms with E-state index in [4.69, 9.17) is 4.74 Å². The number of thiazole rings is 1. The van der Waals surface area contributed by atoms with Gasteiger partial charge in [-0.25, -0.2) is 4.98 Å². The second-order valence-electron chi connectivity index (χ2n) is 5.58. The van der Waals surface area contributed by atoms with Crippen molar-refractivity contribution in [2.24, 2.45) is 0 Å². The number of ether oxygens (including phenoxy) is 1. The van der Waals surface area contributed by atoms with Crippen molar-refractivity contribution in [3.05, 3.63) is 40.9 Å². The molecule has 0 spiro atoms. The van der Waals surface area contributed by atoms with E-state index in [2.05, 4.69) is 9.88 Å². The highest BCUT2D eigenvalue weighted by Crippen LogP contribution is 2.36. The first-order chi connectivity index (χ1) is 11.5. The number of anilines is 1. The number of alkyl halides is 3. The van der Waals surface area contributed by atoms with Crippen molar-refractivity contribution in [2.45, 2.75) is 12.7 Å². The zero-order valence-electron chi connectivity index (χ0n) is 13.2. The summed E-state index contributed by atoms with van der Waals surface area (Å²) in [4.78, 5) is 7.47. The zero-order chi connectivity index (χ0) is 17.2. The number of rotatable bonds is 4. The molecule has 8 heteroatoms. The fourth-order valence-electron chi connectivity index (χ4n) is 2.71. The van der Waals surface area contributed by atoms with Crippen LogP contribution in [0.5, 0.6) is 5.75 Å². The molecule has 130 valence electrons. The van der Waals surface area contributed by atoms with Gasteiger partial charge in [0.15, 0.2) is 5.13 Å². The predicted octanol–water partition coefficient (Wildman–Crippen LogP) is 3.49. The number of para-hydroxylation sites is 1. The smallest absolute Gasteiger partial charge is 0.427 e. The molecule has 2 aromatic rings. The van der Waals surface area contributed by atoms with Gasteiger partial charge in [0.2, 0.25) is 0 Å². The summed E-state index contributed by atoms with van der Waals surface area (Å²) in [6, 6.07) is 7.87. The number of aromatic nitrogens is 1.